The van der Waals surface area contributed by atoms with Gasteiger partial charge in [0.25, 0.3) is 0 Å². The minimum absolute atomic E-state index is 0.175. The maximum atomic E-state index is 14.0. The summed E-state index contributed by atoms with van der Waals surface area (Å²) in [7, 11) is 0. The molecule has 0 atom stereocenters. The second-order valence-electron chi connectivity index (χ2n) is 6.74. The summed E-state index contributed by atoms with van der Waals surface area (Å²) in [6.07, 6.45) is 2.20. The average Bonchev–Trinajstić information content (AvgIpc) is 2.39. The van der Waals surface area contributed by atoms with Crippen molar-refractivity contribution in [3.8, 4) is 0 Å². The summed E-state index contributed by atoms with van der Waals surface area (Å²) in [5, 5.41) is 0. The van der Waals surface area contributed by atoms with Crippen molar-refractivity contribution in [1.29, 1.82) is 0 Å². The average molecular weight is 346 g/mol. The van der Waals surface area contributed by atoms with Crippen molar-refractivity contribution < 1.29 is 8.78 Å². The molecule has 112 valence electrons. The number of halogens is 3. The van der Waals surface area contributed by atoms with Crippen LogP contribution in [0.2, 0.25) is 0 Å². The van der Waals surface area contributed by atoms with Gasteiger partial charge in [-0.1, -0.05) is 20.8 Å². The molecule has 1 nitrogen and oxygen atoms in total. The molecule has 1 aromatic carbocycles. The molecule has 0 spiro atoms. The highest BCUT2D eigenvalue weighted by Gasteiger charge is 2.29. The van der Waals surface area contributed by atoms with Gasteiger partial charge in [0.1, 0.15) is 11.6 Å². The van der Waals surface area contributed by atoms with E-state index in [0.29, 0.717) is 22.4 Å². The van der Waals surface area contributed by atoms with Gasteiger partial charge in [-0.2, -0.15) is 0 Å². The van der Waals surface area contributed by atoms with Gasteiger partial charge < -0.3 is 0 Å². The molecule has 1 aliphatic rings. The summed E-state index contributed by atoms with van der Waals surface area (Å²) in [6.45, 7) is 8.97. The number of nitrogens with zero attached hydrogens (tertiary/aromatic N) is 1. The molecule has 4 heteroatoms. The molecule has 0 radical (unpaired) electrons. The largest absolute Gasteiger partial charge is 0.299 e. The van der Waals surface area contributed by atoms with Gasteiger partial charge in [-0.05, 0) is 65.3 Å². The Morgan fingerprint density at radius 2 is 1.80 bits per heavy atom. The predicted molar refractivity (Wildman–Crippen MR) is 81.5 cm³/mol. The maximum Gasteiger partial charge on any atom is 0.144 e. The zero-order chi connectivity index (χ0) is 14.9. The van der Waals surface area contributed by atoms with Crippen LogP contribution in [-0.2, 0) is 6.54 Å². The van der Waals surface area contributed by atoms with Crippen LogP contribution in [0.15, 0.2) is 16.6 Å². The third-order valence-electron chi connectivity index (χ3n) is 4.33. The minimum atomic E-state index is -0.469. The highest BCUT2D eigenvalue weighted by Crippen LogP contribution is 2.35. The van der Waals surface area contributed by atoms with Crippen LogP contribution in [0.3, 0.4) is 0 Å². The Hall–Kier alpha value is -0.480. The van der Waals surface area contributed by atoms with Crippen molar-refractivity contribution in [2.24, 2.45) is 11.3 Å². The van der Waals surface area contributed by atoms with E-state index in [1.54, 1.807) is 0 Å². The normalized spacial score (nSPS) is 18.5. The highest BCUT2D eigenvalue weighted by atomic mass is 79.9. The van der Waals surface area contributed by atoms with E-state index in [1.807, 2.05) is 0 Å². The molecule has 0 aromatic heterocycles. The molecule has 1 heterocycles. The van der Waals surface area contributed by atoms with Gasteiger partial charge in [0.2, 0.25) is 0 Å². The molecule has 1 saturated heterocycles. The monoisotopic (exact) mass is 345 g/mol. The number of benzene rings is 1. The summed E-state index contributed by atoms with van der Waals surface area (Å²) in [4.78, 5) is 2.15. The Balaban J connectivity index is 2.02. The number of piperidine rings is 1. The number of hydrogen-bond donors (Lipinski definition) is 0. The van der Waals surface area contributed by atoms with Crippen molar-refractivity contribution in [3.05, 3.63) is 33.8 Å². The summed E-state index contributed by atoms with van der Waals surface area (Å²) in [5.74, 6) is -0.234. The van der Waals surface area contributed by atoms with E-state index in [-0.39, 0.29) is 5.56 Å². The highest BCUT2D eigenvalue weighted by molar-refractivity contribution is 9.10. The summed E-state index contributed by atoms with van der Waals surface area (Å²) in [5.41, 5.74) is 0.492. The fraction of sp³-hybridized carbons (Fsp3) is 0.625. The maximum absolute atomic E-state index is 14.0. The molecule has 20 heavy (non-hydrogen) atoms. The quantitative estimate of drug-likeness (QED) is 0.683. The molecule has 0 unspecified atom stereocenters. The van der Waals surface area contributed by atoms with Crippen LogP contribution < -0.4 is 0 Å². The summed E-state index contributed by atoms with van der Waals surface area (Å²) < 4.78 is 28.1. The van der Waals surface area contributed by atoms with E-state index >= 15 is 0 Å². The number of likely N-dealkylation sites (tertiary alicyclic amines) is 1. The smallest absolute Gasteiger partial charge is 0.144 e. The molecule has 1 fully saturated rings. The van der Waals surface area contributed by atoms with Crippen molar-refractivity contribution in [3.63, 3.8) is 0 Å². The van der Waals surface area contributed by atoms with Crippen LogP contribution in [0.5, 0.6) is 0 Å². The Bertz CT molecular complexity index is 474. The van der Waals surface area contributed by atoms with Crippen LogP contribution >= 0.6 is 15.9 Å². The van der Waals surface area contributed by atoms with Crippen LogP contribution in [0, 0.1) is 23.0 Å². The first-order valence-electron chi connectivity index (χ1n) is 7.14. The summed E-state index contributed by atoms with van der Waals surface area (Å²) >= 11 is 3.12. The lowest BCUT2D eigenvalue weighted by molar-refractivity contribution is 0.106. The Labute approximate surface area is 128 Å². The second kappa shape index (κ2) is 6.10. The van der Waals surface area contributed by atoms with E-state index in [4.69, 9.17) is 0 Å². The molecule has 1 aliphatic heterocycles. The molecule has 0 saturated carbocycles. The van der Waals surface area contributed by atoms with E-state index in [9.17, 15) is 8.78 Å². The van der Waals surface area contributed by atoms with Crippen LogP contribution in [0.4, 0.5) is 8.78 Å². The molecular weight excluding hydrogens is 324 g/mol. The first-order valence-corrected chi connectivity index (χ1v) is 7.93. The number of rotatable bonds is 2. The third kappa shape index (κ3) is 3.59. The predicted octanol–water partition coefficient (Wildman–Crippen LogP) is 4.99. The topological polar surface area (TPSA) is 3.24 Å². The van der Waals surface area contributed by atoms with Crippen LogP contribution in [-0.4, -0.2) is 18.0 Å². The van der Waals surface area contributed by atoms with Crippen LogP contribution in [0.1, 0.15) is 39.2 Å². The van der Waals surface area contributed by atoms with E-state index in [0.717, 1.165) is 25.9 Å². The molecule has 0 N–H and O–H groups in total. The molecule has 0 amide bonds. The van der Waals surface area contributed by atoms with Gasteiger partial charge >= 0.3 is 0 Å². The SMILES string of the molecule is CC(C)(C)C1CCN(Cc2c(F)ccc(Br)c2F)CC1. The lowest BCUT2D eigenvalue weighted by atomic mass is 9.75. The fourth-order valence-electron chi connectivity index (χ4n) is 2.89. The van der Waals surface area contributed by atoms with E-state index in [1.165, 1.54) is 12.1 Å². The van der Waals surface area contributed by atoms with Crippen LogP contribution in [0.25, 0.3) is 0 Å². The summed E-state index contributed by atoms with van der Waals surface area (Å²) in [6, 6.07) is 2.74. The third-order valence-corrected chi connectivity index (χ3v) is 4.95. The molecule has 1 aromatic rings. The van der Waals surface area contributed by atoms with Crippen molar-refractivity contribution >= 4 is 15.9 Å². The molecular formula is C16H22BrF2N. The van der Waals surface area contributed by atoms with E-state index in [2.05, 4.69) is 41.6 Å². The van der Waals surface area contributed by atoms with Gasteiger partial charge in [0, 0.05) is 12.1 Å². The van der Waals surface area contributed by atoms with Crippen molar-refractivity contribution in [2.75, 3.05) is 13.1 Å². The second-order valence-corrected chi connectivity index (χ2v) is 7.59. The van der Waals surface area contributed by atoms with Crippen molar-refractivity contribution in [2.45, 2.75) is 40.2 Å². The lowest BCUT2D eigenvalue weighted by Crippen LogP contribution is -2.37. The van der Waals surface area contributed by atoms with E-state index < -0.39 is 11.6 Å². The van der Waals surface area contributed by atoms with Crippen molar-refractivity contribution in [1.82, 2.24) is 4.90 Å². The zero-order valence-electron chi connectivity index (χ0n) is 12.3. The first kappa shape index (κ1) is 15.9. The first-order chi connectivity index (χ1) is 9.29. The zero-order valence-corrected chi connectivity index (χ0v) is 13.9. The van der Waals surface area contributed by atoms with Gasteiger partial charge in [0.05, 0.1) is 4.47 Å². The standard InChI is InChI=1S/C16H22BrF2N/c1-16(2,3)11-6-8-20(9-7-11)10-12-14(18)5-4-13(17)15(12)19/h4-5,11H,6-10H2,1-3H3. The van der Waals surface area contributed by atoms with Gasteiger partial charge in [-0.15, -0.1) is 0 Å². The van der Waals surface area contributed by atoms with Gasteiger partial charge in [-0.3, -0.25) is 4.90 Å². The molecule has 0 bridgehead atoms. The van der Waals surface area contributed by atoms with Gasteiger partial charge in [-0.25, -0.2) is 8.78 Å². The Morgan fingerprint density at radius 1 is 1.20 bits per heavy atom. The fourth-order valence-corrected chi connectivity index (χ4v) is 3.27. The Kier molecular flexibility index (Phi) is 4.85. The number of hydrogen-bond acceptors (Lipinski definition) is 1. The van der Waals surface area contributed by atoms with Gasteiger partial charge in [0.15, 0.2) is 0 Å². The molecule has 0 aliphatic carbocycles. The molecule has 2 rings (SSSR count). The minimum Gasteiger partial charge on any atom is -0.299 e. The lowest BCUT2D eigenvalue weighted by Gasteiger charge is -2.38. The Morgan fingerprint density at radius 3 is 2.35 bits per heavy atom.